The van der Waals surface area contributed by atoms with Gasteiger partial charge >= 0.3 is 17.6 Å². The second-order valence-corrected chi connectivity index (χ2v) is 5.25. The Morgan fingerprint density at radius 3 is 2.60 bits per heavy atom. The maximum atomic E-state index is 12.2. The standard InChI is InChI=1S/C19H14O6/c1-23-17(20)14-7-4-5-12(9-14)11-24-18(21)15-10-13-6-2-3-8-16(13)25-19(15)22/h2-10H,11H2,1H3. The smallest absolute Gasteiger partial charge is 0.351 e. The molecule has 1 heterocycles. The van der Waals surface area contributed by atoms with Crippen molar-refractivity contribution >= 4 is 22.9 Å². The molecule has 0 amide bonds. The van der Waals surface area contributed by atoms with Gasteiger partial charge in [0.05, 0.1) is 12.7 Å². The lowest BCUT2D eigenvalue weighted by Crippen LogP contribution is -2.16. The average Bonchev–Trinajstić information content (AvgIpc) is 2.65. The number of methoxy groups -OCH3 is 1. The lowest BCUT2D eigenvalue weighted by atomic mass is 10.1. The fraction of sp³-hybridized carbons (Fsp3) is 0.105. The van der Waals surface area contributed by atoms with E-state index in [1.54, 1.807) is 48.5 Å². The summed E-state index contributed by atoms with van der Waals surface area (Å²) in [6, 6.07) is 14.8. The van der Waals surface area contributed by atoms with Gasteiger partial charge in [-0.25, -0.2) is 14.4 Å². The highest BCUT2D eigenvalue weighted by atomic mass is 16.5. The molecule has 0 bridgehead atoms. The van der Waals surface area contributed by atoms with Crippen molar-refractivity contribution in [2.75, 3.05) is 7.11 Å². The lowest BCUT2D eigenvalue weighted by molar-refractivity contribution is 0.0468. The predicted molar refractivity (Wildman–Crippen MR) is 89.4 cm³/mol. The number of carbonyl (C=O) groups is 2. The minimum Gasteiger partial charge on any atom is -0.465 e. The first-order chi connectivity index (χ1) is 12.1. The molecule has 0 saturated carbocycles. The van der Waals surface area contributed by atoms with Crippen molar-refractivity contribution in [2.24, 2.45) is 0 Å². The van der Waals surface area contributed by atoms with Crippen molar-refractivity contribution in [3.05, 3.63) is 81.7 Å². The van der Waals surface area contributed by atoms with Crippen LogP contribution in [0.2, 0.25) is 0 Å². The second kappa shape index (κ2) is 7.00. The number of ether oxygens (including phenoxy) is 2. The Balaban J connectivity index is 1.78. The minimum absolute atomic E-state index is 0.0874. The zero-order chi connectivity index (χ0) is 17.8. The summed E-state index contributed by atoms with van der Waals surface area (Å²) in [6.07, 6.45) is 0. The molecule has 0 aliphatic heterocycles. The van der Waals surface area contributed by atoms with Gasteiger partial charge in [-0.05, 0) is 29.8 Å². The zero-order valence-corrected chi connectivity index (χ0v) is 13.4. The Hall–Kier alpha value is -3.41. The summed E-state index contributed by atoms with van der Waals surface area (Å²) < 4.78 is 14.9. The molecule has 126 valence electrons. The molecule has 6 nitrogen and oxygen atoms in total. The zero-order valence-electron chi connectivity index (χ0n) is 13.4. The molecule has 0 aliphatic rings. The van der Waals surface area contributed by atoms with Crippen LogP contribution in [0.4, 0.5) is 0 Å². The van der Waals surface area contributed by atoms with Crippen LogP contribution >= 0.6 is 0 Å². The van der Waals surface area contributed by atoms with Crippen molar-refractivity contribution in [2.45, 2.75) is 6.61 Å². The van der Waals surface area contributed by atoms with E-state index in [9.17, 15) is 14.4 Å². The van der Waals surface area contributed by atoms with Crippen LogP contribution in [0.1, 0.15) is 26.3 Å². The molecule has 0 aliphatic carbocycles. The molecule has 0 N–H and O–H groups in total. The third kappa shape index (κ3) is 3.58. The number of carbonyl (C=O) groups excluding carboxylic acids is 2. The fourth-order valence-corrected chi connectivity index (χ4v) is 2.34. The molecule has 3 rings (SSSR count). The molecule has 0 saturated heterocycles. The monoisotopic (exact) mass is 338 g/mol. The van der Waals surface area contributed by atoms with Gasteiger partial charge in [0.25, 0.3) is 0 Å². The number of rotatable bonds is 4. The maximum absolute atomic E-state index is 12.2. The molecule has 6 heteroatoms. The van der Waals surface area contributed by atoms with E-state index < -0.39 is 17.6 Å². The van der Waals surface area contributed by atoms with Gasteiger partial charge in [-0.3, -0.25) is 0 Å². The van der Waals surface area contributed by atoms with E-state index in [1.807, 2.05) is 0 Å². The van der Waals surface area contributed by atoms with E-state index in [2.05, 4.69) is 4.74 Å². The van der Waals surface area contributed by atoms with Gasteiger partial charge in [0.1, 0.15) is 17.8 Å². The minimum atomic E-state index is -0.789. The molecule has 0 radical (unpaired) electrons. The second-order valence-electron chi connectivity index (χ2n) is 5.25. The highest BCUT2D eigenvalue weighted by Crippen LogP contribution is 2.14. The number of hydrogen-bond donors (Lipinski definition) is 0. The normalized spacial score (nSPS) is 10.4. The summed E-state index contributed by atoms with van der Waals surface area (Å²) in [6.45, 7) is -0.0874. The first-order valence-corrected chi connectivity index (χ1v) is 7.46. The van der Waals surface area contributed by atoms with E-state index in [-0.39, 0.29) is 12.2 Å². The predicted octanol–water partition coefficient (Wildman–Crippen LogP) is 2.94. The number of fused-ring (bicyclic) bond motifs is 1. The van der Waals surface area contributed by atoms with Crippen molar-refractivity contribution in [1.29, 1.82) is 0 Å². The Morgan fingerprint density at radius 1 is 1.00 bits per heavy atom. The SMILES string of the molecule is COC(=O)c1cccc(COC(=O)c2cc3ccccc3oc2=O)c1. The molecule has 0 atom stereocenters. The number of hydrogen-bond acceptors (Lipinski definition) is 6. The van der Waals surface area contributed by atoms with Crippen LogP contribution in [0.3, 0.4) is 0 Å². The molecule has 2 aromatic carbocycles. The van der Waals surface area contributed by atoms with E-state index in [0.717, 1.165) is 0 Å². The van der Waals surface area contributed by atoms with Crippen LogP contribution in [-0.4, -0.2) is 19.0 Å². The van der Waals surface area contributed by atoms with Crippen molar-refractivity contribution in [1.82, 2.24) is 0 Å². The van der Waals surface area contributed by atoms with E-state index in [4.69, 9.17) is 9.15 Å². The number of para-hydroxylation sites is 1. The molecule has 3 aromatic rings. The van der Waals surface area contributed by atoms with Crippen molar-refractivity contribution in [3.8, 4) is 0 Å². The van der Waals surface area contributed by atoms with Crippen LogP contribution < -0.4 is 5.63 Å². The van der Waals surface area contributed by atoms with Gasteiger partial charge < -0.3 is 13.9 Å². The molecule has 0 spiro atoms. The van der Waals surface area contributed by atoms with Crippen LogP contribution in [0, 0.1) is 0 Å². The summed E-state index contributed by atoms with van der Waals surface area (Å²) in [4.78, 5) is 35.6. The highest BCUT2D eigenvalue weighted by molar-refractivity contribution is 5.93. The van der Waals surface area contributed by atoms with Gasteiger partial charge in [0.2, 0.25) is 0 Å². The number of esters is 2. The Kier molecular flexibility index (Phi) is 4.61. The Labute approximate surface area is 142 Å². The fourth-order valence-electron chi connectivity index (χ4n) is 2.34. The number of benzene rings is 2. The first-order valence-electron chi connectivity index (χ1n) is 7.46. The average molecular weight is 338 g/mol. The van der Waals surface area contributed by atoms with Crippen LogP contribution in [-0.2, 0) is 16.1 Å². The third-order valence-corrected chi connectivity index (χ3v) is 3.58. The summed E-state index contributed by atoms with van der Waals surface area (Å²) in [5, 5.41) is 0.627. The summed E-state index contributed by atoms with van der Waals surface area (Å²) >= 11 is 0. The molecule has 25 heavy (non-hydrogen) atoms. The topological polar surface area (TPSA) is 82.8 Å². The quantitative estimate of drug-likeness (QED) is 0.537. The highest BCUT2D eigenvalue weighted by Gasteiger charge is 2.15. The largest absolute Gasteiger partial charge is 0.465 e. The van der Waals surface area contributed by atoms with Crippen LogP contribution in [0.5, 0.6) is 0 Å². The Bertz CT molecular complexity index is 1000. The van der Waals surface area contributed by atoms with E-state index >= 15 is 0 Å². The van der Waals surface area contributed by atoms with Gasteiger partial charge in [0.15, 0.2) is 0 Å². The van der Waals surface area contributed by atoms with Gasteiger partial charge in [-0.1, -0.05) is 30.3 Å². The molecule has 0 fully saturated rings. The van der Waals surface area contributed by atoms with E-state index in [1.165, 1.54) is 13.2 Å². The van der Waals surface area contributed by atoms with Crippen LogP contribution in [0.15, 0.2) is 63.8 Å². The first kappa shape index (κ1) is 16.4. The van der Waals surface area contributed by atoms with Crippen molar-refractivity contribution < 1.29 is 23.5 Å². The van der Waals surface area contributed by atoms with Gasteiger partial charge in [0, 0.05) is 5.39 Å². The Morgan fingerprint density at radius 2 is 1.80 bits per heavy atom. The maximum Gasteiger partial charge on any atom is 0.351 e. The van der Waals surface area contributed by atoms with Crippen molar-refractivity contribution in [3.63, 3.8) is 0 Å². The summed E-state index contributed by atoms with van der Waals surface area (Å²) in [7, 11) is 1.29. The molecule has 0 unspecified atom stereocenters. The summed E-state index contributed by atoms with van der Waals surface area (Å²) in [5.41, 5.74) is 0.410. The molecular weight excluding hydrogens is 324 g/mol. The van der Waals surface area contributed by atoms with Crippen LogP contribution in [0.25, 0.3) is 11.0 Å². The summed E-state index contributed by atoms with van der Waals surface area (Å²) in [5.74, 6) is -1.27. The van der Waals surface area contributed by atoms with Gasteiger partial charge in [-0.2, -0.15) is 0 Å². The molecular formula is C19H14O6. The van der Waals surface area contributed by atoms with Gasteiger partial charge in [-0.15, -0.1) is 0 Å². The van der Waals surface area contributed by atoms with E-state index in [0.29, 0.717) is 22.1 Å². The third-order valence-electron chi connectivity index (χ3n) is 3.58. The lowest BCUT2D eigenvalue weighted by Gasteiger charge is -2.06. The molecule has 1 aromatic heterocycles.